The van der Waals surface area contributed by atoms with E-state index in [0.29, 0.717) is 12.4 Å². The lowest BCUT2D eigenvalue weighted by molar-refractivity contribution is 0.415. The fourth-order valence-electron chi connectivity index (χ4n) is 3.45. The average Bonchev–Trinajstić information content (AvgIpc) is 3.36. The van der Waals surface area contributed by atoms with Crippen molar-refractivity contribution in [3.8, 4) is 28.3 Å². The van der Waals surface area contributed by atoms with Gasteiger partial charge in [0.25, 0.3) is 0 Å². The van der Waals surface area contributed by atoms with Crippen molar-refractivity contribution < 1.29 is 4.74 Å². The smallest absolute Gasteiger partial charge is 0.163 e. The van der Waals surface area contributed by atoms with Gasteiger partial charge in [0.15, 0.2) is 5.82 Å². The van der Waals surface area contributed by atoms with Crippen molar-refractivity contribution in [3.63, 3.8) is 0 Å². The molecule has 5 nitrogen and oxygen atoms in total. The highest BCUT2D eigenvalue weighted by atomic mass is 32.1. The van der Waals surface area contributed by atoms with Crippen LogP contribution in [0.5, 0.6) is 5.75 Å². The number of thiophene rings is 1. The molecule has 0 aliphatic carbocycles. The molecule has 0 unspecified atom stereocenters. The Hall–Kier alpha value is -3.77. The first-order chi connectivity index (χ1) is 15.3. The number of anilines is 1. The van der Waals surface area contributed by atoms with Crippen molar-refractivity contribution in [2.75, 3.05) is 12.4 Å². The summed E-state index contributed by atoms with van der Waals surface area (Å²) in [7, 11) is 1.68. The number of nitrogens with one attached hydrogen (secondary N) is 1. The number of rotatable bonds is 6. The zero-order chi connectivity index (χ0) is 21.0. The standard InChI is InChI=1S/C25H20N4OS/c1-30-20-7-2-5-17(13-20)18-9-10-23-22(14-18)25(27-16-21-8-4-12-31-21)29-24(28-23)19-6-3-11-26-15-19/h2-15H,16H2,1H3,(H,27,28,29). The molecule has 0 spiro atoms. The molecular formula is C25H20N4OS. The third-order valence-electron chi connectivity index (χ3n) is 5.03. The van der Waals surface area contributed by atoms with Gasteiger partial charge in [0.2, 0.25) is 0 Å². The Kier molecular flexibility index (Phi) is 5.29. The highest BCUT2D eigenvalue weighted by Gasteiger charge is 2.12. The van der Waals surface area contributed by atoms with Crippen LogP contribution in [-0.2, 0) is 6.54 Å². The van der Waals surface area contributed by atoms with Crippen LogP contribution in [0.3, 0.4) is 0 Å². The van der Waals surface area contributed by atoms with Crippen LogP contribution in [0, 0.1) is 0 Å². The molecule has 2 aromatic carbocycles. The maximum atomic E-state index is 5.39. The highest BCUT2D eigenvalue weighted by Crippen LogP contribution is 2.31. The van der Waals surface area contributed by atoms with E-state index in [0.717, 1.165) is 39.2 Å². The minimum absolute atomic E-state index is 0.656. The number of hydrogen-bond acceptors (Lipinski definition) is 6. The molecule has 152 valence electrons. The quantitative estimate of drug-likeness (QED) is 0.360. The van der Waals surface area contributed by atoms with Gasteiger partial charge in [-0.05, 0) is 59.0 Å². The van der Waals surface area contributed by atoms with Gasteiger partial charge in [-0.3, -0.25) is 4.98 Å². The predicted molar refractivity (Wildman–Crippen MR) is 126 cm³/mol. The van der Waals surface area contributed by atoms with Crippen LogP contribution >= 0.6 is 11.3 Å². The van der Waals surface area contributed by atoms with Crippen LogP contribution in [0.25, 0.3) is 33.4 Å². The summed E-state index contributed by atoms with van der Waals surface area (Å²) in [6.07, 6.45) is 3.54. The van der Waals surface area contributed by atoms with E-state index in [2.05, 4.69) is 46.0 Å². The normalized spacial score (nSPS) is 10.9. The maximum Gasteiger partial charge on any atom is 0.163 e. The molecule has 0 fully saturated rings. The first kappa shape index (κ1) is 19.2. The summed E-state index contributed by atoms with van der Waals surface area (Å²) in [4.78, 5) is 15.1. The number of fused-ring (bicyclic) bond motifs is 1. The summed E-state index contributed by atoms with van der Waals surface area (Å²) in [5.74, 6) is 2.29. The zero-order valence-corrected chi connectivity index (χ0v) is 17.8. The van der Waals surface area contributed by atoms with Gasteiger partial charge < -0.3 is 10.1 Å². The monoisotopic (exact) mass is 424 g/mol. The lowest BCUT2D eigenvalue weighted by Gasteiger charge is -2.12. The molecule has 0 radical (unpaired) electrons. The lowest BCUT2D eigenvalue weighted by Crippen LogP contribution is -2.03. The Morgan fingerprint density at radius 3 is 2.61 bits per heavy atom. The van der Waals surface area contributed by atoms with Crippen LogP contribution in [-0.4, -0.2) is 22.1 Å². The molecule has 3 aromatic heterocycles. The number of hydrogen-bond donors (Lipinski definition) is 1. The zero-order valence-electron chi connectivity index (χ0n) is 16.9. The van der Waals surface area contributed by atoms with E-state index in [9.17, 15) is 0 Å². The third kappa shape index (κ3) is 4.11. The van der Waals surface area contributed by atoms with Gasteiger partial charge in [0.05, 0.1) is 19.2 Å². The topological polar surface area (TPSA) is 59.9 Å². The number of methoxy groups -OCH3 is 1. The van der Waals surface area contributed by atoms with Crippen molar-refractivity contribution in [2.24, 2.45) is 0 Å². The van der Waals surface area contributed by atoms with Gasteiger partial charge in [-0.1, -0.05) is 24.3 Å². The van der Waals surface area contributed by atoms with Crippen molar-refractivity contribution >= 4 is 28.1 Å². The van der Waals surface area contributed by atoms with E-state index >= 15 is 0 Å². The van der Waals surface area contributed by atoms with Crippen molar-refractivity contribution in [3.05, 3.63) is 89.4 Å². The second kappa shape index (κ2) is 8.53. The van der Waals surface area contributed by atoms with Gasteiger partial charge in [-0.15, -0.1) is 11.3 Å². The van der Waals surface area contributed by atoms with Crippen LogP contribution in [0.1, 0.15) is 4.88 Å². The molecule has 6 heteroatoms. The van der Waals surface area contributed by atoms with Crippen LogP contribution in [0.2, 0.25) is 0 Å². The van der Waals surface area contributed by atoms with Crippen molar-refractivity contribution in [1.29, 1.82) is 0 Å². The Labute approximate surface area is 184 Å². The molecule has 0 bridgehead atoms. The van der Waals surface area contributed by atoms with Crippen LogP contribution in [0.4, 0.5) is 5.82 Å². The minimum Gasteiger partial charge on any atom is -0.497 e. The second-order valence-electron chi connectivity index (χ2n) is 7.03. The van der Waals surface area contributed by atoms with E-state index in [1.807, 2.05) is 36.4 Å². The number of ether oxygens (including phenoxy) is 1. The second-order valence-corrected chi connectivity index (χ2v) is 8.07. The van der Waals surface area contributed by atoms with Gasteiger partial charge in [0, 0.05) is 28.2 Å². The summed E-state index contributed by atoms with van der Waals surface area (Å²) >= 11 is 1.72. The van der Waals surface area contributed by atoms with E-state index < -0.39 is 0 Å². The average molecular weight is 425 g/mol. The molecule has 0 atom stereocenters. The first-order valence-electron chi connectivity index (χ1n) is 9.93. The SMILES string of the molecule is COc1cccc(-c2ccc3nc(-c4cccnc4)nc(NCc4cccs4)c3c2)c1. The number of aromatic nitrogens is 3. The predicted octanol–water partition coefficient (Wildman–Crippen LogP) is 6.04. The van der Waals surface area contributed by atoms with Crippen LogP contribution < -0.4 is 10.1 Å². The Morgan fingerprint density at radius 1 is 0.903 bits per heavy atom. The van der Waals surface area contributed by atoms with Gasteiger partial charge in [0.1, 0.15) is 11.6 Å². The van der Waals surface area contributed by atoms with E-state index in [4.69, 9.17) is 14.7 Å². The number of nitrogens with zero attached hydrogens (tertiary/aromatic N) is 3. The third-order valence-corrected chi connectivity index (χ3v) is 5.91. The fraction of sp³-hybridized carbons (Fsp3) is 0.0800. The van der Waals surface area contributed by atoms with Gasteiger partial charge in [-0.25, -0.2) is 9.97 Å². The van der Waals surface area contributed by atoms with Crippen molar-refractivity contribution in [2.45, 2.75) is 6.54 Å². The molecule has 31 heavy (non-hydrogen) atoms. The van der Waals surface area contributed by atoms with Crippen LogP contribution in [0.15, 0.2) is 84.5 Å². The molecular weight excluding hydrogens is 404 g/mol. The van der Waals surface area contributed by atoms with E-state index in [1.54, 1.807) is 30.8 Å². The van der Waals surface area contributed by atoms with E-state index in [-0.39, 0.29) is 0 Å². The fourth-order valence-corrected chi connectivity index (χ4v) is 4.10. The lowest BCUT2D eigenvalue weighted by atomic mass is 10.0. The molecule has 0 aliphatic rings. The number of benzene rings is 2. The largest absolute Gasteiger partial charge is 0.497 e. The Balaban J connectivity index is 1.62. The minimum atomic E-state index is 0.656. The Morgan fingerprint density at radius 2 is 1.81 bits per heavy atom. The van der Waals surface area contributed by atoms with Gasteiger partial charge in [-0.2, -0.15) is 0 Å². The molecule has 0 aliphatic heterocycles. The molecule has 0 saturated carbocycles. The summed E-state index contributed by atoms with van der Waals surface area (Å²) in [6.45, 7) is 0.708. The van der Waals surface area contributed by atoms with Gasteiger partial charge >= 0.3 is 0 Å². The summed E-state index contributed by atoms with van der Waals surface area (Å²) in [5, 5.41) is 6.57. The summed E-state index contributed by atoms with van der Waals surface area (Å²) < 4.78 is 5.39. The van der Waals surface area contributed by atoms with Crippen molar-refractivity contribution in [1.82, 2.24) is 15.0 Å². The molecule has 0 amide bonds. The highest BCUT2D eigenvalue weighted by molar-refractivity contribution is 7.09. The summed E-state index contributed by atoms with van der Waals surface area (Å²) in [5.41, 5.74) is 3.94. The van der Waals surface area contributed by atoms with E-state index in [1.165, 1.54) is 4.88 Å². The molecule has 0 saturated heterocycles. The maximum absolute atomic E-state index is 5.39. The molecule has 5 aromatic rings. The molecule has 5 rings (SSSR count). The Bertz CT molecular complexity index is 1320. The number of pyridine rings is 1. The summed E-state index contributed by atoms with van der Waals surface area (Å²) in [6, 6.07) is 22.4. The molecule has 1 N–H and O–H groups in total. The molecule has 3 heterocycles. The first-order valence-corrected chi connectivity index (χ1v) is 10.8.